The third-order valence-electron chi connectivity index (χ3n) is 6.58. The van der Waals surface area contributed by atoms with E-state index in [9.17, 15) is 14.4 Å². The first kappa shape index (κ1) is 24.7. The van der Waals surface area contributed by atoms with E-state index in [0.29, 0.717) is 6.42 Å². The molecule has 0 radical (unpaired) electrons. The van der Waals surface area contributed by atoms with Crippen molar-refractivity contribution in [3.8, 4) is 11.1 Å². The number of fused-ring (bicyclic) bond motifs is 3. The first-order chi connectivity index (χ1) is 16.8. The van der Waals surface area contributed by atoms with Gasteiger partial charge in [0.1, 0.15) is 12.1 Å². The molecule has 1 heterocycles. The molecule has 4 rings (SSSR count). The van der Waals surface area contributed by atoms with Crippen LogP contribution in [-0.2, 0) is 23.8 Å². The number of benzene rings is 2. The summed E-state index contributed by atoms with van der Waals surface area (Å²) in [5.74, 6) is -2.08. The van der Waals surface area contributed by atoms with E-state index in [1.54, 1.807) is 6.92 Å². The van der Waals surface area contributed by atoms with Gasteiger partial charge in [-0.05, 0) is 35.6 Å². The molecule has 9 nitrogen and oxygen atoms in total. The number of alkyl carbamates (subject to hydrolysis) is 1. The van der Waals surface area contributed by atoms with E-state index in [4.69, 9.17) is 19.3 Å². The maximum absolute atomic E-state index is 12.9. The van der Waals surface area contributed by atoms with Crippen LogP contribution in [0.1, 0.15) is 30.4 Å². The summed E-state index contributed by atoms with van der Waals surface area (Å²) in [6, 6.07) is 16.1. The standard InChI is InChI=1S/C26H30N2O7/c1-26(15-33-2,24(31)27-12-17-11-16(13-34-17)23(29)30)28-25(32)35-14-22-20-9-5-3-7-18(20)19-8-4-6-10-21(19)22/h3-10,16-17,22H,11-15H2,1-2H3,(H,27,31)(H,28,32)(H,29,30)/t16-,17-,26?/m0/s1. The van der Waals surface area contributed by atoms with E-state index >= 15 is 0 Å². The zero-order chi connectivity index (χ0) is 25.0. The highest BCUT2D eigenvalue weighted by Gasteiger charge is 2.38. The van der Waals surface area contributed by atoms with E-state index in [2.05, 4.69) is 22.8 Å². The molecule has 1 saturated heterocycles. The third-order valence-corrected chi connectivity index (χ3v) is 6.58. The summed E-state index contributed by atoms with van der Waals surface area (Å²) in [6.07, 6.45) is -0.818. The van der Waals surface area contributed by atoms with Crippen LogP contribution in [0, 0.1) is 5.92 Å². The molecule has 1 aliphatic carbocycles. The fraction of sp³-hybridized carbons (Fsp3) is 0.423. The maximum Gasteiger partial charge on any atom is 0.408 e. The number of ether oxygens (including phenoxy) is 3. The van der Waals surface area contributed by atoms with Crippen LogP contribution < -0.4 is 10.6 Å². The Morgan fingerprint density at radius 2 is 1.71 bits per heavy atom. The van der Waals surface area contributed by atoms with Gasteiger partial charge in [-0.3, -0.25) is 9.59 Å². The van der Waals surface area contributed by atoms with Crippen LogP contribution in [0.5, 0.6) is 0 Å². The molecule has 0 spiro atoms. The molecule has 3 atom stereocenters. The first-order valence-electron chi connectivity index (χ1n) is 11.6. The van der Waals surface area contributed by atoms with Gasteiger partial charge in [-0.1, -0.05) is 48.5 Å². The molecule has 186 valence electrons. The maximum atomic E-state index is 12.9. The number of rotatable bonds is 9. The molecule has 1 aliphatic heterocycles. The normalized spacial score (nSPS) is 20.4. The molecular weight excluding hydrogens is 452 g/mol. The summed E-state index contributed by atoms with van der Waals surface area (Å²) in [7, 11) is 1.43. The van der Waals surface area contributed by atoms with Crippen molar-refractivity contribution >= 4 is 18.0 Å². The molecule has 1 fully saturated rings. The quantitative estimate of drug-likeness (QED) is 0.502. The summed E-state index contributed by atoms with van der Waals surface area (Å²) >= 11 is 0. The Morgan fingerprint density at radius 3 is 2.29 bits per heavy atom. The second-order valence-corrected chi connectivity index (χ2v) is 9.15. The minimum Gasteiger partial charge on any atom is -0.481 e. The highest BCUT2D eigenvalue weighted by molar-refractivity contribution is 5.90. The molecule has 35 heavy (non-hydrogen) atoms. The molecule has 2 amide bonds. The van der Waals surface area contributed by atoms with Gasteiger partial charge in [-0.25, -0.2) is 4.79 Å². The zero-order valence-electron chi connectivity index (χ0n) is 19.8. The summed E-state index contributed by atoms with van der Waals surface area (Å²) in [5, 5.41) is 14.5. The molecule has 3 N–H and O–H groups in total. The van der Waals surface area contributed by atoms with Gasteiger partial charge < -0.3 is 30.0 Å². The lowest BCUT2D eigenvalue weighted by molar-refractivity contribution is -0.141. The number of carboxylic acid groups (broad SMARTS) is 1. The van der Waals surface area contributed by atoms with E-state index in [-0.39, 0.29) is 32.3 Å². The lowest BCUT2D eigenvalue weighted by Gasteiger charge is -2.29. The molecule has 9 heteroatoms. The summed E-state index contributed by atoms with van der Waals surface area (Å²) in [5.41, 5.74) is 3.05. The van der Waals surface area contributed by atoms with Gasteiger partial charge in [0.25, 0.3) is 0 Å². The monoisotopic (exact) mass is 482 g/mol. The van der Waals surface area contributed by atoms with Gasteiger partial charge in [-0.2, -0.15) is 0 Å². The van der Waals surface area contributed by atoms with E-state index < -0.39 is 35.5 Å². The smallest absolute Gasteiger partial charge is 0.408 e. The number of hydrogen-bond donors (Lipinski definition) is 3. The Morgan fingerprint density at radius 1 is 1.09 bits per heavy atom. The van der Waals surface area contributed by atoms with E-state index in [1.165, 1.54) is 7.11 Å². The van der Waals surface area contributed by atoms with Crippen molar-refractivity contribution < 1.29 is 33.7 Å². The number of carbonyl (C=O) groups is 3. The van der Waals surface area contributed by atoms with Crippen molar-refractivity contribution in [3.05, 3.63) is 59.7 Å². The SMILES string of the molecule is COCC(C)(NC(=O)OCC1c2ccccc2-c2ccccc21)C(=O)NC[C@@H]1C[C@H](C(=O)O)CO1. The van der Waals surface area contributed by atoms with Gasteiger partial charge in [0.15, 0.2) is 0 Å². The van der Waals surface area contributed by atoms with Gasteiger partial charge in [0.2, 0.25) is 5.91 Å². The van der Waals surface area contributed by atoms with Crippen LogP contribution in [0.25, 0.3) is 11.1 Å². The predicted molar refractivity (Wildman–Crippen MR) is 127 cm³/mol. The Labute approximate surface area is 203 Å². The molecule has 2 aromatic rings. The highest BCUT2D eigenvalue weighted by Crippen LogP contribution is 2.44. The molecular formula is C26H30N2O7. The lowest BCUT2D eigenvalue weighted by Crippen LogP contribution is -2.60. The second kappa shape index (κ2) is 10.5. The van der Waals surface area contributed by atoms with Crippen LogP contribution in [0.4, 0.5) is 4.79 Å². The third kappa shape index (κ3) is 5.31. The van der Waals surface area contributed by atoms with Gasteiger partial charge in [0.05, 0.1) is 25.2 Å². The van der Waals surface area contributed by atoms with Gasteiger partial charge >= 0.3 is 12.1 Å². The Bertz CT molecular complexity index is 1060. The number of carboxylic acids is 1. The van der Waals surface area contributed by atoms with Crippen molar-refractivity contribution in [1.82, 2.24) is 10.6 Å². The number of aliphatic carboxylic acids is 1. The summed E-state index contributed by atoms with van der Waals surface area (Å²) < 4.78 is 16.2. The molecule has 0 aromatic heterocycles. The Balaban J connectivity index is 1.35. The van der Waals surface area contributed by atoms with Gasteiger partial charge in [-0.15, -0.1) is 0 Å². The molecule has 0 bridgehead atoms. The first-order valence-corrected chi connectivity index (χ1v) is 11.6. The van der Waals surface area contributed by atoms with E-state index in [0.717, 1.165) is 22.3 Å². The Hall–Kier alpha value is -3.43. The van der Waals surface area contributed by atoms with Crippen LogP contribution >= 0.6 is 0 Å². The summed E-state index contributed by atoms with van der Waals surface area (Å²) in [4.78, 5) is 36.8. The molecule has 2 aliphatic rings. The number of amides is 2. The van der Waals surface area contributed by atoms with Crippen LogP contribution in [0.2, 0.25) is 0 Å². The predicted octanol–water partition coefficient (Wildman–Crippen LogP) is 2.54. The van der Waals surface area contributed by atoms with Crippen molar-refractivity contribution in [2.45, 2.75) is 30.9 Å². The number of hydrogen-bond acceptors (Lipinski definition) is 6. The minimum atomic E-state index is -1.39. The average Bonchev–Trinajstić information content (AvgIpc) is 3.44. The topological polar surface area (TPSA) is 123 Å². The van der Waals surface area contributed by atoms with Crippen LogP contribution in [0.15, 0.2) is 48.5 Å². The molecule has 0 saturated carbocycles. The number of methoxy groups -OCH3 is 1. The fourth-order valence-electron chi connectivity index (χ4n) is 4.73. The lowest BCUT2D eigenvalue weighted by atomic mass is 9.98. The van der Waals surface area contributed by atoms with Gasteiger partial charge in [0, 0.05) is 19.6 Å². The largest absolute Gasteiger partial charge is 0.481 e. The van der Waals surface area contributed by atoms with Crippen molar-refractivity contribution in [2.75, 3.05) is 33.5 Å². The molecule has 1 unspecified atom stereocenters. The van der Waals surface area contributed by atoms with Crippen molar-refractivity contribution in [2.24, 2.45) is 5.92 Å². The van der Waals surface area contributed by atoms with Crippen LogP contribution in [0.3, 0.4) is 0 Å². The Kier molecular flexibility index (Phi) is 7.37. The van der Waals surface area contributed by atoms with Crippen molar-refractivity contribution in [1.29, 1.82) is 0 Å². The summed E-state index contributed by atoms with van der Waals surface area (Å²) in [6.45, 7) is 1.84. The second-order valence-electron chi connectivity index (χ2n) is 9.15. The average molecular weight is 483 g/mol. The fourth-order valence-corrected chi connectivity index (χ4v) is 4.73. The van der Waals surface area contributed by atoms with Crippen LogP contribution in [-0.4, -0.2) is 68.2 Å². The minimum absolute atomic E-state index is 0.0771. The zero-order valence-corrected chi connectivity index (χ0v) is 19.8. The number of nitrogens with one attached hydrogen (secondary N) is 2. The highest BCUT2D eigenvalue weighted by atomic mass is 16.5. The molecule has 2 aromatic carbocycles. The number of carbonyl (C=O) groups excluding carboxylic acids is 2. The van der Waals surface area contributed by atoms with Crippen molar-refractivity contribution in [3.63, 3.8) is 0 Å². The van der Waals surface area contributed by atoms with E-state index in [1.807, 2.05) is 36.4 Å².